The Labute approximate surface area is 206 Å². The average molecular weight is 560 g/mol. The zero-order valence-corrected chi connectivity index (χ0v) is 18.6. The number of hydrogen-bond donors (Lipinski definition) is 2. The standard InChI is InChI=1S/C24H16F12N2/c25-21(26,27)19(22(28,29)30,15-9-3-5-11-17(15)37)13-7-1-2-8-14(13)20(23(31,32)33,24(34,35)36)16-10-4-6-12-18(16)38/h1-12H,37-38H2. The Hall–Kier alpha value is -3.58. The largest absolute Gasteiger partial charge is 0.411 e. The highest BCUT2D eigenvalue weighted by Gasteiger charge is 2.78. The smallest absolute Gasteiger partial charge is 0.398 e. The van der Waals surface area contributed by atoms with Crippen LogP contribution in [0.15, 0.2) is 72.8 Å². The zero-order chi connectivity index (χ0) is 28.9. The number of alkyl halides is 12. The van der Waals surface area contributed by atoms with Gasteiger partial charge in [0.05, 0.1) is 0 Å². The van der Waals surface area contributed by atoms with Crippen LogP contribution in [0.3, 0.4) is 0 Å². The van der Waals surface area contributed by atoms with Gasteiger partial charge in [0.2, 0.25) is 10.8 Å². The van der Waals surface area contributed by atoms with Crippen molar-refractivity contribution in [1.82, 2.24) is 0 Å². The molecule has 0 radical (unpaired) electrons. The van der Waals surface area contributed by atoms with E-state index in [9.17, 15) is 52.7 Å². The molecule has 0 saturated heterocycles. The number of nitrogen functional groups attached to an aromatic ring is 2. The summed E-state index contributed by atoms with van der Waals surface area (Å²) < 4.78 is 176. The van der Waals surface area contributed by atoms with Gasteiger partial charge in [-0.05, 0) is 23.3 Å². The van der Waals surface area contributed by atoms with Crippen LogP contribution in [0.25, 0.3) is 0 Å². The lowest BCUT2D eigenvalue weighted by molar-refractivity contribution is -0.298. The highest BCUT2D eigenvalue weighted by atomic mass is 19.4. The monoisotopic (exact) mass is 560 g/mol. The molecule has 0 spiro atoms. The summed E-state index contributed by atoms with van der Waals surface area (Å²) >= 11 is 0. The first-order valence-electron chi connectivity index (χ1n) is 10.3. The van der Waals surface area contributed by atoms with Gasteiger partial charge in [-0.1, -0.05) is 60.7 Å². The molecule has 2 nitrogen and oxygen atoms in total. The quantitative estimate of drug-likeness (QED) is 0.254. The molecule has 3 rings (SSSR count). The Morgan fingerprint density at radius 3 is 0.763 bits per heavy atom. The molecule has 0 aliphatic carbocycles. The summed E-state index contributed by atoms with van der Waals surface area (Å²) in [6.07, 6.45) is -26.1. The summed E-state index contributed by atoms with van der Waals surface area (Å²) in [6.45, 7) is 0. The minimum Gasteiger partial charge on any atom is -0.398 e. The average Bonchev–Trinajstić information content (AvgIpc) is 2.74. The van der Waals surface area contributed by atoms with Crippen LogP contribution in [0.1, 0.15) is 22.3 Å². The third-order valence-electron chi connectivity index (χ3n) is 6.17. The van der Waals surface area contributed by atoms with Crippen LogP contribution in [0.4, 0.5) is 64.1 Å². The van der Waals surface area contributed by atoms with E-state index in [4.69, 9.17) is 11.5 Å². The Morgan fingerprint density at radius 2 is 0.553 bits per heavy atom. The van der Waals surface area contributed by atoms with E-state index < -0.39 is 69.2 Å². The van der Waals surface area contributed by atoms with E-state index in [0.717, 1.165) is 12.1 Å². The van der Waals surface area contributed by atoms with Gasteiger partial charge in [0.25, 0.3) is 0 Å². The number of para-hydroxylation sites is 2. The Kier molecular flexibility index (Phi) is 6.88. The fourth-order valence-corrected chi connectivity index (χ4v) is 4.65. The molecule has 0 saturated carbocycles. The van der Waals surface area contributed by atoms with Crippen molar-refractivity contribution in [2.75, 3.05) is 11.5 Å². The molecule has 38 heavy (non-hydrogen) atoms. The van der Waals surface area contributed by atoms with Crippen molar-refractivity contribution in [3.05, 3.63) is 95.1 Å². The van der Waals surface area contributed by atoms with E-state index >= 15 is 0 Å². The molecule has 0 aliphatic rings. The predicted molar refractivity (Wildman–Crippen MR) is 114 cm³/mol. The highest BCUT2D eigenvalue weighted by molar-refractivity contribution is 5.64. The number of benzene rings is 3. The summed E-state index contributed by atoms with van der Waals surface area (Å²) in [7, 11) is 0. The predicted octanol–water partition coefficient (Wildman–Crippen LogP) is 7.67. The molecule has 3 aromatic rings. The van der Waals surface area contributed by atoms with E-state index in [0.29, 0.717) is 36.4 Å². The maximum absolute atomic E-state index is 14.7. The van der Waals surface area contributed by atoms with Crippen molar-refractivity contribution < 1.29 is 52.7 Å². The van der Waals surface area contributed by atoms with E-state index in [-0.39, 0.29) is 24.3 Å². The molecule has 0 fully saturated rings. The molecule has 14 heteroatoms. The lowest BCUT2D eigenvalue weighted by Gasteiger charge is -2.45. The molecule has 0 aromatic heterocycles. The zero-order valence-electron chi connectivity index (χ0n) is 18.6. The molecular weight excluding hydrogens is 544 g/mol. The minimum atomic E-state index is -6.53. The van der Waals surface area contributed by atoms with Crippen LogP contribution < -0.4 is 11.5 Å². The Morgan fingerprint density at radius 1 is 0.342 bits per heavy atom. The van der Waals surface area contributed by atoms with E-state index in [1.54, 1.807) is 0 Å². The van der Waals surface area contributed by atoms with E-state index in [2.05, 4.69) is 0 Å². The number of rotatable bonds is 4. The highest BCUT2D eigenvalue weighted by Crippen LogP contribution is 2.64. The summed E-state index contributed by atoms with van der Waals surface area (Å²) in [5.74, 6) is 0. The fraction of sp³-hybridized carbons (Fsp3) is 0.250. The van der Waals surface area contributed by atoms with Crippen LogP contribution in [0, 0.1) is 0 Å². The summed E-state index contributed by atoms with van der Waals surface area (Å²) in [6, 6.07) is 5.77. The SMILES string of the molecule is Nc1ccccc1C(c1ccccc1C(c1ccccc1N)(C(F)(F)F)C(F)(F)F)(C(F)(F)F)C(F)(F)F. The van der Waals surface area contributed by atoms with Gasteiger partial charge in [-0.3, -0.25) is 0 Å². The fourth-order valence-electron chi connectivity index (χ4n) is 4.65. The van der Waals surface area contributed by atoms with Gasteiger partial charge in [0, 0.05) is 22.5 Å². The van der Waals surface area contributed by atoms with Gasteiger partial charge in [-0.25, -0.2) is 0 Å². The van der Waals surface area contributed by atoms with Gasteiger partial charge >= 0.3 is 24.7 Å². The van der Waals surface area contributed by atoms with Crippen LogP contribution >= 0.6 is 0 Å². The van der Waals surface area contributed by atoms with Gasteiger partial charge in [0.1, 0.15) is 0 Å². The number of anilines is 2. The normalized spacial score (nSPS) is 14.0. The molecule has 0 amide bonds. The number of halogens is 12. The van der Waals surface area contributed by atoms with Gasteiger partial charge < -0.3 is 11.5 Å². The topological polar surface area (TPSA) is 52.0 Å². The second kappa shape index (κ2) is 9.02. The van der Waals surface area contributed by atoms with E-state index in [1.165, 1.54) is 0 Å². The molecule has 0 unspecified atom stereocenters. The Bertz CT molecular complexity index is 1170. The van der Waals surface area contributed by atoms with Crippen molar-refractivity contribution in [3.63, 3.8) is 0 Å². The second-order valence-corrected chi connectivity index (χ2v) is 8.21. The third kappa shape index (κ3) is 4.00. The van der Waals surface area contributed by atoms with Gasteiger partial charge in [0.15, 0.2) is 0 Å². The minimum absolute atomic E-state index is 0.0753. The first kappa shape index (κ1) is 29.0. The van der Waals surface area contributed by atoms with Crippen LogP contribution in [0.5, 0.6) is 0 Å². The number of nitrogens with two attached hydrogens (primary N) is 2. The molecule has 0 aliphatic heterocycles. The van der Waals surface area contributed by atoms with Crippen LogP contribution in [0.2, 0.25) is 0 Å². The van der Waals surface area contributed by atoms with Crippen molar-refractivity contribution in [2.24, 2.45) is 0 Å². The third-order valence-corrected chi connectivity index (χ3v) is 6.17. The first-order chi connectivity index (χ1) is 17.3. The van der Waals surface area contributed by atoms with Gasteiger partial charge in [-0.2, -0.15) is 52.7 Å². The van der Waals surface area contributed by atoms with E-state index in [1.807, 2.05) is 0 Å². The molecule has 206 valence electrons. The Balaban J connectivity index is 2.74. The van der Waals surface area contributed by atoms with Crippen molar-refractivity contribution >= 4 is 11.4 Å². The summed E-state index contributed by atoms with van der Waals surface area (Å²) in [5, 5.41) is 0. The summed E-state index contributed by atoms with van der Waals surface area (Å²) in [5.41, 5.74) is -10.6. The van der Waals surface area contributed by atoms with Crippen molar-refractivity contribution in [3.8, 4) is 0 Å². The molecule has 0 atom stereocenters. The maximum Gasteiger partial charge on any atom is 0.411 e. The molecule has 0 bridgehead atoms. The summed E-state index contributed by atoms with van der Waals surface area (Å²) in [4.78, 5) is 0. The molecular formula is C24H16F12N2. The molecule has 3 aromatic carbocycles. The molecule has 0 heterocycles. The number of hydrogen-bond acceptors (Lipinski definition) is 2. The van der Waals surface area contributed by atoms with Crippen LogP contribution in [-0.4, -0.2) is 24.7 Å². The second-order valence-electron chi connectivity index (χ2n) is 8.21. The van der Waals surface area contributed by atoms with Crippen molar-refractivity contribution in [1.29, 1.82) is 0 Å². The lowest BCUT2D eigenvalue weighted by atomic mass is 9.63. The lowest BCUT2D eigenvalue weighted by Crippen LogP contribution is -2.60. The van der Waals surface area contributed by atoms with Gasteiger partial charge in [-0.15, -0.1) is 0 Å². The van der Waals surface area contributed by atoms with Crippen LogP contribution in [-0.2, 0) is 10.8 Å². The maximum atomic E-state index is 14.7. The van der Waals surface area contributed by atoms with Crippen molar-refractivity contribution in [2.45, 2.75) is 35.5 Å². The molecule has 4 N–H and O–H groups in total. The first-order valence-corrected chi connectivity index (χ1v) is 10.3.